The molecule has 0 radical (unpaired) electrons. The molecule has 1 heterocycles. The molecule has 0 aliphatic carbocycles. The molecule has 1 fully saturated rings. The largest absolute Gasteiger partial charge is 0.484 e. The van der Waals surface area contributed by atoms with Gasteiger partial charge in [-0.3, -0.25) is 4.79 Å². The molecule has 0 spiro atoms. The van der Waals surface area contributed by atoms with Gasteiger partial charge in [0, 0.05) is 19.1 Å². The SMILES string of the molecule is Cc1cccc(OCC(=O)N2CCCC[C@H]2CNS(C)(=O)=O)c1. The number of aryl methyl sites for hydroxylation is 1. The number of sulfonamides is 1. The van der Waals surface area contributed by atoms with E-state index in [4.69, 9.17) is 4.74 Å². The van der Waals surface area contributed by atoms with Gasteiger partial charge in [0.05, 0.1) is 6.26 Å². The number of ether oxygens (including phenoxy) is 1. The highest BCUT2D eigenvalue weighted by Crippen LogP contribution is 2.18. The van der Waals surface area contributed by atoms with E-state index in [-0.39, 0.29) is 25.1 Å². The van der Waals surface area contributed by atoms with Crippen LogP contribution < -0.4 is 9.46 Å². The van der Waals surface area contributed by atoms with E-state index in [0.717, 1.165) is 31.1 Å². The van der Waals surface area contributed by atoms with Crippen molar-refractivity contribution in [2.24, 2.45) is 0 Å². The number of nitrogens with zero attached hydrogens (tertiary/aromatic N) is 1. The molecule has 23 heavy (non-hydrogen) atoms. The molecular weight excluding hydrogens is 316 g/mol. The molecule has 1 atom stereocenters. The lowest BCUT2D eigenvalue weighted by molar-refractivity contribution is -0.136. The molecule has 0 aromatic heterocycles. The number of nitrogens with one attached hydrogen (secondary N) is 1. The van der Waals surface area contributed by atoms with Gasteiger partial charge in [-0.1, -0.05) is 12.1 Å². The summed E-state index contributed by atoms with van der Waals surface area (Å²) in [6.45, 7) is 2.84. The van der Waals surface area contributed by atoms with Gasteiger partial charge in [-0.15, -0.1) is 0 Å². The van der Waals surface area contributed by atoms with Crippen molar-refractivity contribution in [2.75, 3.05) is 26.0 Å². The van der Waals surface area contributed by atoms with Crippen LogP contribution in [0.25, 0.3) is 0 Å². The van der Waals surface area contributed by atoms with Crippen molar-refractivity contribution in [3.63, 3.8) is 0 Å². The van der Waals surface area contributed by atoms with Gasteiger partial charge >= 0.3 is 0 Å². The summed E-state index contributed by atoms with van der Waals surface area (Å²) in [6.07, 6.45) is 3.87. The maximum Gasteiger partial charge on any atom is 0.260 e. The summed E-state index contributed by atoms with van der Waals surface area (Å²) in [7, 11) is -3.25. The number of likely N-dealkylation sites (tertiary alicyclic amines) is 1. The molecule has 128 valence electrons. The van der Waals surface area contributed by atoms with Gasteiger partial charge in [0.2, 0.25) is 10.0 Å². The van der Waals surface area contributed by atoms with E-state index in [0.29, 0.717) is 12.3 Å². The molecular formula is C16H24N2O4S. The van der Waals surface area contributed by atoms with Crippen LogP contribution in [0.15, 0.2) is 24.3 Å². The van der Waals surface area contributed by atoms with Crippen LogP contribution >= 0.6 is 0 Å². The maximum absolute atomic E-state index is 12.4. The fraction of sp³-hybridized carbons (Fsp3) is 0.562. The minimum atomic E-state index is -3.25. The standard InChI is InChI=1S/C16H24N2O4S/c1-13-6-5-8-15(10-13)22-12-16(19)18-9-4-3-7-14(18)11-17-23(2,20)21/h5-6,8,10,14,17H,3-4,7,9,11-12H2,1-2H3/t14-/m0/s1. The van der Waals surface area contributed by atoms with Crippen molar-refractivity contribution < 1.29 is 17.9 Å². The van der Waals surface area contributed by atoms with E-state index in [2.05, 4.69) is 4.72 Å². The average Bonchev–Trinajstić information content (AvgIpc) is 2.50. The van der Waals surface area contributed by atoms with Gasteiger partial charge in [0.1, 0.15) is 5.75 Å². The van der Waals surface area contributed by atoms with Gasteiger partial charge < -0.3 is 9.64 Å². The summed E-state index contributed by atoms with van der Waals surface area (Å²) in [5.41, 5.74) is 1.07. The van der Waals surface area contributed by atoms with Crippen molar-refractivity contribution in [3.8, 4) is 5.75 Å². The Morgan fingerprint density at radius 2 is 2.17 bits per heavy atom. The molecule has 1 aliphatic rings. The van der Waals surface area contributed by atoms with E-state index >= 15 is 0 Å². The van der Waals surface area contributed by atoms with E-state index in [9.17, 15) is 13.2 Å². The highest BCUT2D eigenvalue weighted by atomic mass is 32.2. The number of benzene rings is 1. The first kappa shape index (κ1) is 17.7. The molecule has 7 heteroatoms. The minimum absolute atomic E-state index is 0.0289. The third-order valence-electron chi connectivity index (χ3n) is 3.88. The molecule has 1 aliphatic heterocycles. The fourth-order valence-corrected chi connectivity index (χ4v) is 3.22. The van der Waals surface area contributed by atoms with Crippen LogP contribution in [0.2, 0.25) is 0 Å². The number of rotatable bonds is 6. The minimum Gasteiger partial charge on any atom is -0.484 e. The van der Waals surface area contributed by atoms with Crippen LogP contribution in [0.4, 0.5) is 0 Å². The lowest BCUT2D eigenvalue weighted by Crippen LogP contribution is -2.50. The first-order chi connectivity index (χ1) is 10.8. The topological polar surface area (TPSA) is 75.7 Å². The van der Waals surface area contributed by atoms with Crippen molar-refractivity contribution >= 4 is 15.9 Å². The van der Waals surface area contributed by atoms with Gasteiger partial charge in [-0.05, 0) is 43.9 Å². The van der Waals surface area contributed by atoms with Crippen molar-refractivity contribution in [2.45, 2.75) is 32.2 Å². The Hall–Kier alpha value is -1.60. The van der Waals surface area contributed by atoms with E-state index in [1.54, 1.807) is 4.90 Å². The molecule has 0 saturated carbocycles. The first-order valence-corrected chi connectivity index (χ1v) is 9.68. The van der Waals surface area contributed by atoms with E-state index in [1.165, 1.54) is 0 Å². The summed E-state index contributed by atoms with van der Waals surface area (Å²) >= 11 is 0. The predicted octanol–water partition coefficient (Wildman–Crippen LogP) is 1.30. The molecule has 0 unspecified atom stereocenters. The van der Waals surface area contributed by atoms with Crippen LogP contribution in [-0.4, -0.2) is 51.2 Å². The zero-order chi connectivity index (χ0) is 16.9. The zero-order valence-electron chi connectivity index (χ0n) is 13.6. The van der Waals surface area contributed by atoms with Gasteiger partial charge in [-0.2, -0.15) is 0 Å². The second-order valence-corrected chi connectivity index (χ2v) is 7.80. The molecule has 1 aromatic carbocycles. The van der Waals surface area contributed by atoms with Gasteiger partial charge in [0.25, 0.3) is 5.91 Å². The van der Waals surface area contributed by atoms with Gasteiger partial charge in [-0.25, -0.2) is 13.1 Å². The number of hydrogen-bond acceptors (Lipinski definition) is 4. The summed E-state index contributed by atoms with van der Waals surface area (Å²) in [5.74, 6) is 0.563. The second-order valence-electron chi connectivity index (χ2n) is 5.96. The molecule has 1 amide bonds. The smallest absolute Gasteiger partial charge is 0.260 e. The summed E-state index contributed by atoms with van der Waals surface area (Å²) < 4.78 is 30.6. The number of carbonyl (C=O) groups is 1. The molecule has 0 bridgehead atoms. The number of amides is 1. The molecule has 1 aromatic rings. The number of carbonyl (C=O) groups excluding carboxylic acids is 1. The van der Waals surface area contributed by atoms with E-state index < -0.39 is 10.0 Å². The summed E-state index contributed by atoms with van der Waals surface area (Å²) in [4.78, 5) is 14.1. The van der Waals surface area contributed by atoms with E-state index in [1.807, 2.05) is 31.2 Å². The van der Waals surface area contributed by atoms with Gasteiger partial charge in [0.15, 0.2) is 6.61 Å². The van der Waals surface area contributed by atoms with Crippen LogP contribution in [0.3, 0.4) is 0 Å². The number of piperidine rings is 1. The highest BCUT2D eigenvalue weighted by molar-refractivity contribution is 7.88. The average molecular weight is 340 g/mol. The molecule has 6 nitrogen and oxygen atoms in total. The Kier molecular flexibility index (Phi) is 6.01. The first-order valence-electron chi connectivity index (χ1n) is 7.79. The van der Waals surface area contributed by atoms with Crippen LogP contribution in [0.5, 0.6) is 5.75 Å². The Balaban J connectivity index is 1.92. The Labute approximate surface area is 137 Å². The Morgan fingerprint density at radius 3 is 2.87 bits per heavy atom. The zero-order valence-corrected chi connectivity index (χ0v) is 14.4. The van der Waals surface area contributed by atoms with Crippen LogP contribution in [0, 0.1) is 6.92 Å². The third-order valence-corrected chi connectivity index (χ3v) is 4.57. The van der Waals surface area contributed by atoms with Crippen molar-refractivity contribution in [1.29, 1.82) is 0 Å². The Bertz CT molecular complexity index is 645. The number of hydrogen-bond donors (Lipinski definition) is 1. The summed E-state index contributed by atoms with van der Waals surface area (Å²) in [6, 6.07) is 7.44. The van der Waals surface area contributed by atoms with Crippen molar-refractivity contribution in [1.82, 2.24) is 9.62 Å². The molecule has 2 rings (SSSR count). The summed E-state index contributed by atoms with van der Waals surface area (Å²) in [5, 5.41) is 0. The quantitative estimate of drug-likeness (QED) is 0.847. The van der Waals surface area contributed by atoms with Crippen LogP contribution in [0.1, 0.15) is 24.8 Å². The molecule has 1 N–H and O–H groups in total. The monoisotopic (exact) mass is 340 g/mol. The third kappa shape index (κ3) is 5.84. The Morgan fingerprint density at radius 1 is 1.39 bits per heavy atom. The second kappa shape index (κ2) is 7.79. The van der Waals surface area contributed by atoms with Crippen molar-refractivity contribution in [3.05, 3.63) is 29.8 Å². The highest BCUT2D eigenvalue weighted by Gasteiger charge is 2.27. The normalized spacial score (nSPS) is 18.7. The fourth-order valence-electron chi connectivity index (χ4n) is 2.72. The lowest BCUT2D eigenvalue weighted by atomic mass is 10.0. The lowest BCUT2D eigenvalue weighted by Gasteiger charge is -2.35. The van der Waals surface area contributed by atoms with Crippen LogP contribution in [-0.2, 0) is 14.8 Å². The maximum atomic E-state index is 12.4. The predicted molar refractivity (Wildman–Crippen MR) is 88.9 cm³/mol. The molecule has 1 saturated heterocycles.